The number of carboxylic acid groups (broad SMARTS) is 1. The number of carboxylic acids is 1. The molecule has 1 atom stereocenters. The summed E-state index contributed by atoms with van der Waals surface area (Å²) in [7, 11) is 0. The summed E-state index contributed by atoms with van der Waals surface area (Å²) in [6, 6.07) is 4.58. The summed E-state index contributed by atoms with van der Waals surface area (Å²) in [5, 5.41) is 19.9. The van der Waals surface area contributed by atoms with Crippen molar-refractivity contribution in [2.45, 2.75) is 19.9 Å². The Bertz CT molecular complexity index is 551. The molecule has 0 aliphatic rings. The summed E-state index contributed by atoms with van der Waals surface area (Å²) >= 11 is 0. The van der Waals surface area contributed by atoms with E-state index in [2.05, 4.69) is 20.5 Å². The van der Waals surface area contributed by atoms with E-state index in [1.807, 2.05) is 19.1 Å². The molecule has 2 aromatic heterocycles. The average molecular weight is 233 g/mol. The van der Waals surface area contributed by atoms with Crippen LogP contribution >= 0.6 is 0 Å². The fraction of sp³-hybridized carbons (Fsp3) is 0.300. The van der Waals surface area contributed by atoms with Gasteiger partial charge in [-0.3, -0.25) is 0 Å². The second-order valence-corrected chi connectivity index (χ2v) is 3.63. The SMILES string of the molecule is Cc1cccc(-c2nnnn2C(C)C(=O)O)n1. The second-order valence-electron chi connectivity index (χ2n) is 3.63. The fourth-order valence-corrected chi connectivity index (χ4v) is 1.40. The van der Waals surface area contributed by atoms with Gasteiger partial charge in [0, 0.05) is 5.69 Å². The van der Waals surface area contributed by atoms with Gasteiger partial charge >= 0.3 is 5.97 Å². The second kappa shape index (κ2) is 4.28. The van der Waals surface area contributed by atoms with Gasteiger partial charge in [-0.1, -0.05) is 6.07 Å². The van der Waals surface area contributed by atoms with Gasteiger partial charge in [-0.2, -0.15) is 0 Å². The predicted octanol–water partition coefficient (Wildman–Crippen LogP) is 0.689. The summed E-state index contributed by atoms with van der Waals surface area (Å²) < 4.78 is 1.24. The van der Waals surface area contributed by atoms with Crippen molar-refractivity contribution in [2.75, 3.05) is 0 Å². The number of nitrogens with zero attached hydrogens (tertiary/aromatic N) is 5. The fourth-order valence-electron chi connectivity index (χ4n) is 1.40. The number of carbonyl (C=O) groups is 1. The lowest BCUT2D eigenvalue weighted by Gasteiger charge is -2.08. The molecular formula is C10H11N5O2. The van der Waals surface area contributed by atoms with Crippen LogP contribution in [0.2, 0.25) is 0 Å². The van der Waals surface area contributed by atoms with E-state index in [0.29, 0.717) is 11.5 Å². The molecule has 1 N–H and O–H groups in total. The summed E-state index contributed by atoms with van der Waals surface area (Å²) in [6.07, 6.45) is 0. The minimum atomic E-state index is -0.994. The van der Waals surface area contributed by atoms with Gasteiger partial charge in [-0.25, -0.2) is 14.5 Å². The maximum absolute atomic E-state index is 10.9. The van der Waals surface area contributed by atoms with E-state index in [1.54, 1.807) is 6.07 Å². The topological polar surface area (TPSA) is 93.8 Å². The summed E-state index contributed by atoms with van der Waals surface area (Å²) in [6.45, 7) is 3.36. The molecule has 1 unspecified atom stereocenters. The summed E-state index contributed by atoms with van der Waals surface area (Å²) in [4.78, 5) is 15.2. The molecule has 0 bridgehead atoms. The third-order valence-electron chi connectivity index (χ3n) is 2.33. The largest absolute Gasteiger partial charge is 0.480 e. The van der Waals surface area contributed by atoms with Crippen LogP contribution in [-0.4, -0.2) is 36.3 Å². The van der Waals surface area contributed by atoms with E-state index >= 15 is 0 Å². The molecule has 17 heavy (non-hydrogen) atoms. The lowest BCUT2D eigenvalue weighted by molar-refractivity contribution is -0.140. The van der Waals surface area contributed by atoms with Gasteiger partial charge < -0.3 is 5.11 Å². The number of tetrazole rings is 1. The molecule has 0 aliphatic carbocycles. The molecule has 2 aromatic rings. The average Bonchev–Trinajstić information content (AvgIpc) is 2.76. The van der Waals surface area contributed by atoms with Gasteiger partial charge in [0.15, 0.2) is 6.04 Å². The Morgan fingerprint density at radius 1 is 1.47 bits per heavy atom. The highest BCUT2D eigenvalue weighted by atomic mass is 16.4. The molecule has 0 spiro atoms. The molecule has 2 rings (SSSR count). The molecule has 0 saturated carbocycles. The zero-order chi connectivity index (χ0) is 12.4. The van der Waals surface area contributed by atoms with Crippen molar-refractivity contribution in [1.29, 1.82) is 0 Å². The maximum Gasteiger partial charge on any atom is 0.328 e. The molecule has 2 heterocycles. The van der Waals surface area contributed by atoms with Crippen LogP contribution in [0.5, 0.6) is 0 Å². The number of rotatable bonds is 3. The van der Waals surface area contributed by atoms with Crippen molar-refractivity contribution >= 4 is 5.97 Å². The summed E-state index contributed by atoms with van der Waals surface area (Å²) in [5.41, 5.74) is 1.38. The van der Waals surface area contributed by atoms with Crippen LogP contribution in [-0.2, 0) is 4.79 Å². The van der Waals surface area contributed by atoms with Crippen LogP contribution in [0.1, 0.15) is 18.7 Å². The predicted molar refractivity (Wildman–Crippen MR) is 58.1 cm³/mol. The Balaban J connectivity index is 2.47. The molecule has 0 fully saturated rings. The molecule has 7 nitrogen and oxygen atoms in total. The minimum absolute atomic E-state index is 0.351. The molecule has 88 valence electrons. The number of hydrogen-bond donors (Lipinski definition) is 1. The van der Waals surface area contributed by atoms with E-state index in [4.69, 9.17) is 5.11 Å². The molecule has 0 radical (unpaired) electrons. The van der Waals surface area contributed by atoms with Crippen molar-refractivity contribution in [3.05, 3.63) is 23.9 Å². The summed E-state index contributed by atoms with van der Waals surface area (Å²) in [5.74, 6) is -0.644. The third kappa shape index (κ3) is 2.12. The van der Waals surface area contributed by atoms with E-state index in [-0.39, 0.29) is 0 Å². The highest BCUT2D eigenvalue weighted by Crippen LogP contribution is 2.17. The number of aryl methyl sites for hydroxylation is 1. The Hall–Kier alpha value is -2.31. The van der Waals surface area contributed by atoms with Crippen LogP contribution in [0, 0.1) is 6.92 Å². The maximum atomic E-state index is 10.9. The first-order chi connectivity index (χ1) is 8.09. The van der Waals surface area contributed by atoms with Crippen LogP contribution < -0.4 is 0 Å². The van der Waals surface area contributed by atoms with Gasteiger partial charge in [0.1, 0.15) is 5.69 Å². The third-order valence-corrected chi connectivity index (χ3v) is 2.33. The first-order valence-corrected chi connectivity index (χ1v) is 5.04. The lowest BCUT2D eigenvalue weighted by Crippen LogP contribution is -2.18. The van der Waals surface area contributed by atoms with Crippen LogP contribution in [0.4, 0.5) is 0 Å². The Morgan fingerprint density at radius 3 is 2.88 bits per heavy atom. The van der Waals surface area contributed by atoms with Gasteiger partial charge in [0.25, 0.3) is 0 Å². The highest BCUT2D eigenvalue weighted by molar-refractivity contribution is 5.72. The molecule has 0 saturated heterocycles. The van der Waals surface area contributed by atoms with Gasteiger partial charge in [-0.05, 0) is 36.4 Å². The van der Waals surface area contributed by atoms with Crippen LogP contribution in [0.3, 0.4) is 0 Å². The van der Waals surface area contributed by atoms with Crippen LogP contribution in [0.15, 0.2) is 18.2 Å². The molecule has 0 aliphatic heterocycles. The number of aromatic nitrogens is 5. The minimum Gasteiger partial charge on any atom is -0.480 e. The Labute approximate surface area is 97.1 Å². The number of aliphatic carboxylic acids is 1. The van der Waals surface area contributed by atoms with E-state index in [0.717, 1.165) is 5.69 Å². The normalized spacial score (nSPS) is 12.4. The van der Waals surface area contributed by atoms with Crippen molar-refractivity contribution in [1.82, 2.24) is 25.2 Å². The molecule has 0 amide bonds. The van der Waals surface area contributed by atoms with Crippen molar-refractivity contribution in [3.8, 4) is 11.5 Å². The molecular weight excluding hydrogens is 222 g/mol. The smallest absolute Gasteiger partial charge is 0.328 e. The Kier molecular flexibility index (Phi) is 2.82. The van der Waals surface area contributed by atoms with Gasteiger partial charge in [0.05, 0.1) is 0 Å². The number of hydrogen-bond acceptors (Lipinski definition) is 5. The quantitative estimate of drug-likeness (QED) is 0.838. The molecule has 0 aromatic carbocycles. The van der Waals surface area contributed by atoms with Crippen LogP contribution in [0.25, 0.3) is 11.5 Å². The van der Waals surface area contributed by atoms with E-state index in [1.165, 1.54) is 11.6 Å². The first-order valence-electron chi connectivity index (χ1n) is 5.04. The standard InChI is InChI=1S/C10H11N5O2/c1-6-4-3-5-8(11-6)9-12-13-14-15(9)7(2)10(16)17/h3-5,7H,1-2H3,(H,16,17). The zero-order valence-corrected chi connectivity index (χ0v) is 9.40. The van der Waals surface area contributed by atoms with E-state index in [9.17, 15) is 4.79 Å². The zero-order valence-electron chi connectivity index (χ0n) is 9.40. The highest BCUT2D eigenvalue weighted by Gasteiger charge is 2.20. The van der Waals surface area contributed by atoms with Gasteiger partial charge in [0.2, 0.25) is 5.82 Å². The van der Waals surface area contributed by atoms with Gasteiger partial charge in [-0.15, -0.1) is 5.10 Å². The van der Waals surface area contributed by atoms with E-state index < -0.39 is 12.0 Å². The lowest BCUT2D eigenvalue weighted by atomic mass is 10.3. The Morgan fingerprint density at radius 2 is 2.24 bits per heavy atom. The number of pyridine rings is 1. The first kappa shape index (κ1) is 11.2. The molecule has 7 heteroatoms. The van der Waals surface area contributed by atoms with Crippen molar-refractivity contribution in [2.24, 2.45) is 0 Å². The van der Waals surface area contributed by atoms with Crippen molar-refractivity contribution < 1.29 is 9.90 Å². The van der Waals surface area contributed by atoms with Crippen molar-refractivity contribution in [3.63, 3.8) is 0 Å². The monoisotopic (exact) mass is 233 g/mol.